The Morgan fingerprint density at radius 2 is 2.14 bits per heavy atom. The summed E-state index contributed by atoms with van der Waals surface area (Å²) in [6, 6.07) is 5.74. The number of amides is 1. The van der Waals surface area contributed by atoms with E-state index in [2.05, 4.69) is 15.5 Å². The number of carbonyl (C=O) groups is 1. The molecule has 0 radical (unpaired) electrons. The fourth-order valence-electron chi connectivity index (χ4n) is 2.09. The molecule has 120 valence electrons. The zero-order chi connectivity index (χ0) is 13.8. The number of hydrogen-bond donors (Lipinski definition) is 2. The van der Waals surface area contributed by atoms with Crippen LogP contribution >= 0.6 is 24.8 Å². The molecular weight excluding hydrogens is 313 g/mol. The van der Waals surface area contributed by atoms with Crippen LogP contribution in [0.3, 0.4) is 0 Å². The molecule has 2 N–H and O–H groups in total. The standard InChI is InChI=1S/C14H21N3O2.2ClH/c1-10(9-15-2)14(18)16-11-4-5-13-12(8-11)17(3)6-7-19-13;;/h4-5,8,10,15H,6-7,9H2,1-3H3,(H,16,18);2*1H. The number of likely N-dealkylation sites (N-methyl/N-ethyl adjacent to an activating group) is 1. The van der Waals surface area contributed by atoms with Crippen LogP contribution in [0.5, 0.6) is 5.75 Å². The molecule has 0 spiro atoms. The third kappa shape index (κ3) is 4.95. The van der Waals surface area contributed by atoms with E-state index >= 15 is 0 Å². The Bertz CT molecular complexity index is 472. The molecule has 7 heteroatoms. The van der Waals surface area contributed by atoms with Crippen molar-refractivity contribution in [2.24, 2.45) is 5.92 Å². The van der Waals surface area contributed by atoms with E-state index in [1.807, 2.05) is 39.2 Å². The van der Waals surface area contributed by atoms with Gasteiger partial charge in [-0.05, 0) is 25.2 Å². The summed E-state index contributed by atoms with van der Waals surface area (Å²) >= 11 is 0. The highest BCUT2D eigenvalue weighted by molar-refractivity contribution is 5.93. The van der Waals surface area contributed by atoms with Crippen LogP contribution in [0.1, 0.15) is 6.92 Å². The molecule has 21 heavy (non-hydrogen) atoms. The predicted molar refractivity (Wildman–Crippen MR) is 91.4 cm³/mol. The molecule has 1 atom stereocenters. The lowest BCUT2D eigenvalue weighted by atomic mass is 10.1. The summed E-state index contributed by atoms with van der Waals surface area (Å²) < 4.78 is 5.58. The van der Waals surface area contributed by atoms with Crippen LogP contribution in [-0.4, -0.2) is 39.7 Å². The molecule has 2 rings (SSSR count). The third-order valence-electron chi connectivity index (χ3n) is 3.28. The fourth-order valence-corrected chi connectivity index (χ4v) is 2.09. The minimum absolute atomic E-state index is 0. The van der Waals surface area contributed by atoms with E-state index in [0.29, 0.717) is 13.2 Å². The fraction of sp³-hybridized carbons (Fsp3) is 0.500. The van der Waals surface area contributed by atoms with Crippen LogP contribution in [0, 0.1) is 5.92 Å². The van der Waals surface area contributed by atoms with Gasteiger partial charge < -0.3 is 20.3 Å². The van der Waals surface area contributed by atoms with Crippen molar-refractivity contribution in [3.05, 3.63) is 18.2 Å². The summed E-state index contributed by atoms with van der Waals surface area (Å²) in [5.41, 5.74) is 1.83. The van der Waals surface area contributed by atoms with Crippen LogP contribution in [0.25, 0.3) is 0 Å². The van der Waals surface area contributed by atoms with Gasteiger partial charge in [-0.25, -0.2) is 0 Å². The number of ether oxygens (including phenoxy) is 1. The number of carbonyl (C=O) groups excluding carboxylic acids is 1. The van der Waals surface area contributed by atoms with E-state index in [1.165, 1.54) is 0 Å². The molecule has 1 aromatic rings. The van der Waals surface area contributed by atoms with Crippen molar-refractivity contribution in [2.45, 2.75) is 6.92 Å². The van der Waals surface area contributed by atoms with Gasteiger partial charge in [-0.3, -0.25) is 4.79 Å². The Balaban J connectivity index is 0.00000200. The minimum atomic E-state index is -0.0602. The largest absolute Gasteiger partial charge is 0.490 e. The van der Waals surface area contributed by atoms with Crippen molar-refractivity contribution in [2.75, 3.05) is 44.0 Å². The van der Waals surface area contributed by atoms with Gasteiger partial charge in [0.1, 0.15) is 12.4 Å². The second-order valence-corrected chi connectivity index (χ2v) is 4.90. The van der Waals surface area contributed by atoms with E-state index < -0.39 is 0 Å². The predicted octanol–water partition coefficient (Wildman–Crippen LogP) is 2.15. The minimum Gasteiger partial charge on any atom is -0.490 e. The normalized spacial score (nSPS) is 14.0. The number of hydrogen-bond acceptors (Lipinski definition) is 4. The first kappa shape index (κ1) is 19.8. The lowest BCUT2D eigenvalue weighted by Crippen LogP contribution is -2.30. The zero-order valence-electron chi connectivity index (χ0n) is 12.5. The summed E-state index contributed by atoms with van der Waals surface area (Å²) in [6.07, 6.45) is 0. The number of nitrogens with one attached hydrogen (secondary N) is 2. The van der Waals surface area contributed by atoms with E-state index in [1.54, 1.807) is 0 Å². The molecule has 1 amide bonds. The molecule has 0 aromatic heterocycles. The Morgan fingerprint density at radius 1 is 1.43 bits per heavy atom. The Labute approximate surface area is 138 Å². The molecular formula is C14H23Cl2N3O2. The lowest BCUT2D eigenvalue weighted by Gasteiger charge is -2.28. The summed E-state index contributed by atoms with van der Waals surface area (Å²) in [5, 5.41) is 5.94. The van der Waals surface area contributed by atoms with Gasteiger partial charge in [-0.15, -0.1) is 24.8 Å². The topological polar surface area (TPSA) is 53.6 Å². The highest BCUT2D eigenvalue weighted by Crippen LogP contribution is 2.33. The molecule has 0 bridgehead atoms. The van der Waals surface area contributed by atoms with E-state index in [9.17, 15) is 4.79 Å². The first-order valence-electron chi connectivity index (χ1n) is 6.55. The maximum atomic E-state index is 12.0. The molecule has 1 heterocycles. The molecule has 1 unspecified atom stereocenters. The molecule has 0 saturated carbocycles. The SMILES string of the molecule is CNCC(C)C(=O)Nc1ccc2c(c1)N(C)CCO2.Cl.Cl. The second-order valence-electron chi connectivity index (χ2n) is 4.90. The quantitative estimate of drug-likeness (QED) is 0.885. The zero-order valence-corrected chi connectivity index (χ0v) is 14.1. The van der Waals surface area contributed by atoms with Gasteiger partial charge in [0, 0.05) is 25.2 Å². The van der Waals surface area contributed by atoms with Crippen molar-refractivity contribution in [1.29, 1.82) is 0 Å². The first-order valence-corrected chi connectivity index (χ1v) is 6.55. The maximum Gasteiger partial charge on any atom is 0.228 e. The van der Waals surface area contributed by atoms with E-state index in [4.69, 9.17) is 4.74 Å². The van der Waals surface area contributed by atoms with Gasteiger partial charge >= 0.3 is 0 Å². The second kappa shape index (κ2) is 8.97. The van der Waals surface area contributed by atoms with Crippen molar-refractivity contribution in [1.82, 2.24) is 5.32 Å². The number of halogens is 2. The highest BCUT2D eigenvalue weighted by Gasteiger charge is 2.17. The van der Waals surface area contributed by atoms with Gasteiger partial charge in [0.05, 0.1) is 12.2 Å². The summed E-state index contributed by atoms with van der Waals surface area (Å²) in [7, 11) is 3.87. The van der Waals surface area contributed by atoms with Crippen LogP contribution in [0.2, 0.25) is 0 Å². The summed E-state index contributed by atoms with van der Waals surface area (Å²) in [6.45, 7) is 4.13. The Hall–Kier alpha value is -1.17. The molecule has 1 aliphatic heterocycles. The maximum absolute atomic E-state index is 12.0. The van der Waals surface area contributed by atoms with Gasteiger partial charge in [0.2, 0.25) is 5.91 Å². The Morgan fingerprint density at radius 3 is 2.81 bits per heavy atom. The van der Waals surface area contributed by atoms with Gasteiger partial charge in [0.25, 0.3) is 0 Å². The van der Waals surface area contributed by atoms with Crippen LogP contribution in [0.4, 0.5) is 11.4 Å². The van der Waals surface area contributed by atoms with E-state index in [-0.39, 0.29) is 36.6 Å². The number of rotatable bonds is 4. The average molecular weight is 336 g/mol. The third-order valence-corrected chi connectivity index (χ3v) is 3.28. The number of nitrogens with zero attached hydrogens (tertiary/aromatic N) is 1. The molecule has 0 fully saturated rings. The smallest absolute Gasteiger partial charge is 0.228 e. The summed E-state index contributed by atoms with van der Waals surface area (Å²) in [4.78, 5) is 14.1. The monoisotopic (exact) mass is 335 g/mol. The number of anilines is 2. The molecule has 1 aliphatic rings. The van der Waals surface area contributed by atoms with Gasteiger partial charge in [-0.1, -0.05) is 6.92 Å². The van der Waals surface area contributed by atoms with Gasteiger partial charge in [0.15, 0.2) is 0 Å². The molecule has 1 aromatic carbocycles. The lowest BCUT2D eigenvalue weighted by molar-refractivity contribution is -0.119. The first-order chi connectivity index (χ1) is 9.11. The van der Waals surface area contributed by atoms with Crippen molar-refractivity contribution < 1.29 is 9.53 Å². The average Bonchev–Trinajstić information content (AvgIpc) is 2.40. The summed E-state index contributed by atoms with van der Waals surface area (Å²) in [5.74, 6) is 0.832. The van der Waals surface area contributed by atoms with Crippen molar-refractivity contribution >= 4 is 42.1 Å². The van der Waals surface area contributed by atoms with Gasteiger partial charge in [-0.2, -0.15) is 0 Å². The van der Waals surface area contributed by atoms with Crippen molar-refractivity contribution in [3.8, 4) is 5.75 Å². The number of fused-ring (bicyclic) bond motifs is 1. The molecule has 0 aliphatic carbocycles. The van der Waals surface area contributed by atoms with Crippen LogP contribution in [0.15, 0.2) is 18.2 Å². The number of benzene rings is 1. The highest BCUT2D eigenvalue weighted by atomic mass is 35.5. The molecule has 0 saturated heterocycles. The molecule has 5 nitrogen and oxygen atoms in total. The Kier molecular flexibility index (Phi) is 8.47. The van der Waals surface area contributed by atoms with E-state index in [0.717, 1.165) is 23.7 Å². The van der Waals surface area contributed by atoms with Crippen LogP contribution < -0.4 is 20.3 Å². The van der Waals surface area contributed by atoms with Crippen molar-refractivity contribution in [3.63, 3.8) is 0 Å². The van der Waals surface area contributed by atoms with Crippen LogP contribution in [-0.2, 0) is 4.79 Å².